The maximum atomic E-state index is 9.62. The second kappa shape index (κ2) is 5.15. The van der Waals surface area contributed by atoms with Crippen LogP contribution in [0.2, 0.25) is 0 Å². The number of rotatable bonds is 3. The van der Waals surface area contributed by atoms with Crippen LogP contribution in [0.5, 0.6) is 0 Å². The smallest absolute Gasteiger partial charge is 0.231 e. The van der Waals surface area contributed by atoms with E-state index in [1.165, 1.54) is 13.8 Å². The molecule has 0 aromatic rings. The van der Waals surface area contributed by atoms with E-state index in [1.54, 1.807) is 13.8 Å². The van der Waals surface area contributed by atoms with Crippen molar-refractivity contribution in [3.8, 4) is 0 Å². The Labute approximate surface area is 117 Å². The lowest BCUT2D eigenvalue weighted by Gasteiger charge is -2.41. The molecule has 0 amide bonds. The Morgan fingerprint density at radius 3 is 1.25 bits per heavy atom. The third-order valence-electron chi connectivity index (χ3n) is 3.28. The van der Waals surface area contributed by atoms with Crippen LogP contribution in [0.4, 0.5) is 0 Å². The SMILES string of the molecule is CC1(O)CCC(C)(OOC2(C)CCC(C)(O)OO2)OO1. The van der Waals surface area contributed by atoms with Gasteiger partial charge in [-0.2, -0.15) is 29.3 Å². The Kier molecular flexibility index (Phi) is 4.13. The molecule has 8 nitrogen and oxygen atoms in total. The van der Waals surface area contributed by atoms with Crippen LogP contribution >= 0.6 is 0 Å². The molecule has 2 rings (SSSR count). The van der Waals surface area contributed by atoms with E-state index in [0.29, 0.717) is 25.7 Å². The average Bonchev–Trinajstić information content (AvgIpc) is 2.36. The summed E-state index contributed by atoms with van der Waals surface area (Å²) in [7, 11) is 0. The van der Waals surface area contributed by atoms with Gasteiger partial charge in [-0.15, -0.1) is 0 Å². The van der Waals surface area contributed by atoms with Gasteiger partial charge in [-0.1, -0.05) is 0 Å². The summed E-state index contributed by atoms with van der Waals surface area (Å²) in [5.74, 6) is -4.99. The molecule has 0 radical (unpaired) electrons. The fourth-order valence-electron chi connectivity index (χ4n) is 1.73. The zero-order valence-corrected chi connectivity index (χ0v) is 12.2. The molecule has 4 unspecified atom stereocenters. The molecule has 8 heteroatoms. The van der Waals surface area contributed by atoms with Gasteiger partial charge in [0.2, 0.25) is 11.6 Å². The maximum Gasteiger partial charge on any atom is 0.231 e. The van der Waals surface area contributed by atoms with E-state index >= 15 is 0 Å². The average molecular weight is 294 g/mol. The second-order valence-corrected chi connectivity index (χ2v) is 6.12. The molecule has 0 aliphatic carbocycles. The van der Waals surface area contributed by atoms with Crippen molar-refractivity contribution in [3.63, 3.8) is 0 Å². The molecule has 118 valence electrons. The summed E-state index contributed by atoms with van der Waals surface area (Å²) < 4.78 is 0. The van der Waals surface area contributed by atoms with E-state index < -0.39 is 23.1 Å². The Balaban J connectivity index is 1.83. The normalized spacial score (nSPS) is 50.1. The number of aliphatic hydroxyl groups is 2. The van der Waals surface area contributed by atoms with Crippen LogP contribution in [0, 0.1) is 0 Å². The summed E-state index contributed by atoms with van der Waals surface area (Å²) in [4.78, 5) is 30.1. The van der Waals surface area contributed by atoms with Gasteiger partial charge in [0, 0.05) is 25.7 Å². The maximum absolute atomic E-state index is 9.62. The summed E-state index contributed by atoms with van der Waals surface area (Å²) in [6.07, 6.45) is 1.40. The van der Waals surface area contributed by atoms with E-state index in [-0.39, 0.29) is 0 Å². The van der Waals surface area contributed by atoms with Gasteiger partial charge in [-0.05, 0) is 27.7 Å². The molecule has 0 bridgehead atoms. The third-order valence-corrected chi connectivity index (χ3v) is 3.28. The summed E-state index contributed by atoms with van der Waals surface area (Å²) in [6, 6.07) is 0. The van der Waals surface area contributed by atoms with Crippen molar-refractivity contribution in [2.24, 2.45) is 0 Å². The fourth-order valence-corrected chi connectivity index (χ4v) is 1.73. The van der Waals surface area contributed by atoms with Gasteiger partial charge in [0.25, 0.3) is 0 Å². The molecule has 2 saturated heterocycles. The second-order valence-electron chi connectivity index (χ2n) is 6.12. The van der Waals surface area contributed by atoms with Crippen molar-refractivity contribution in [1.82, 2.24) is 0 Å². The van der Waals surface area contributed by atoms with Crippen molar-refractivity contribution < 1.29 is 39.5 Å². The highest BCUT2D eigenvalue weighted by Crippen LogP contribution is 2.37. The third kappa shape index (κ3) is 4.09. The molecule has 2 fully saturated rings. The topological polar surface area (TPSA) is 95.8 Å². The predicted octanol–water partition coefficient (Wildman–Crippen LogP) is 1.27. The van der Waals surface area contributed by atoms with Gasteiger partial charge in [0.05, 0.1) is 0 Å². The zero-order valence-electron chi connectivity index (χ0n) is 12.2. The molecule has 0 aromatic heterocycles. The predicted molar refractivity (Wildman–Crippen MR) is 63.0 cm³/mol. The zero-order chi connectivity index (χ0) is 15.1. The van der Waals surface area contributed by atoms with Gasteiger partial charge in [-0.25, -0.2) is 0 Å². The minimum Gasteiger partial charge on any atom is -0.363 e. The molecule has 2 heterocycles. The lowest BCUT2D eigenvalue weighted by molar-refractivity contribution is -0.621. The first kappa shape index (κ1) is 16.1. The molecule has 4 atom stereocenters. The number of hydrogen-bond donors (Lipinski definition) is 2. The Morgan fingerprint density at radius 1 is 0.650 bits per heavy atom. The van der Waals surface area contributed by atoms with Gasteiger partial charge >= 0.3 is 0 Å². The molecule has 0 saturated carbocycles. The van der Waals surface area contributed by atoms with Crippen LogP contribution in [-0.2, 0) is 29.3 Å². The van der Waals surface area contributed by atoms with Crippen LogP contribution in [0.1, 0.15) is 53.4 Å². The van der Waals surface area contributed by atoms with Crippen LogP contribution < -0.4 is 0 Å². The molecule has 2 aliphatic heterocycles. The minimum absolute atomic E-state index is 0.329. The molecule has 0 spiro atoms. The Morgan fingerprint density at radius 2 is 1.00 bits per heavy atom. The van der Waals surface area contributed by atoms with Crippen molar-refractivity contribution in [1.29, 1.82) is 0 Å². The molecule has 2 aliphatic rings. The molecular formula is C12H22O8. The van der Waals surface area contributed by atoms with E-state index in [0.717, 1.165) is 0 Å². The van der Waals surface area contributed by atoms with Gasteiger partial charge in [0.1, 0.15) is 0 Å². The highest BCUT2D eigenvalue weighted by atomic mass is 17.4. The largest absolute Gasteiger partial charge is 0.363 e. The minimum atomic E-state index is -1.34. The van der Waals surface area contributed by atoms with Crippen molar-refractivity contribution in [2.45, 2.75) is 76.5 Å². The van der Waals surface area contributed by atoms with Crippen LogP contribution in [0.3, 0.4) is 0 Å². The Hall–Kier alpha value is -0.320. The van der Waals surface area contributed by atoms with Gasteiger partial charge in [0.15, 0.2) is 11.6 Å². The quantitative estimate of drug-likeness (QED) is 0.593. The van der Waals surface area contributed by atoms with E-state index in [1.807, 2.05) is 0 Å². The van der Waals surface area contributed by atoms with Crippen LogP contribution in [0.15, 0.2) is 0 Å². The molecule has 2 N–H and O–H groups in total. The van der Waals surface area contributed by atoms with E-state index in [9.17, 15) is 10.2 Å². The summed E-state index contributed by atoms with van der Waals surface area (Å²) >= 11 is 0. The summed E-state index contributed by atoms with van der Waals surface area (Å²) in [5, 5.41) is 19.2. The summed E-state index contributed by atoms with van der Waals surface area (Å²) in [5.41, 5.74) is 0. The molecular weight excluding hydrogens is 272 g/mol. The first-order valence-corrected chi connectivity index (χ1v) is 6.59. The first-order chi connectivity index (χ1) is 9.04. The van der Waals surface area contributed by atoms with Crippen molar-refractivity contribution in [2.75, 3.05) is 0 Å². The first-order valence-electron chi connectivity index (χ1n) is 6.59. The Bertz CT molecular complexity index is 299. The molecule has 0 aromatic carbocycles. The lowest BCUT2D eigenvalue weighted by Crippen LogP contribution is -2.49. The van der Waals surface area contributed by atoms with Crippen molar-refractivity contribution in [3.05, 3.63) is 0 Å². The van der Waals surface area contributed by atoms with Gasteiger partial charge in [-0.3, -0.25) is 0 Å². The highest BCUT2D eigenvalue weighted by Gasteiger charge is 2.46. The monoisotopic (exact) mass is 294 g/mol. The van der Waals surface area contributed by atoms with Crippen LogP contribution in [0.25, 0.3) is 0 Å². The van der Waals surface area contributed by atoms with Crippen molar-refractivity contribution >= 4 is 0 Å². The highest BCUT2D eigenvalue weighted by molar-refractivity contribution is 4.73. The lowest BCUT2D eigenvalue weighted by atomic mass is 10.1. The number of hydrogen-bond acceptors (Lipinski definition) is 8. The van der Waals surface area contributed by atoms with E-state index in [2.05, 4.69) is 0 Å². The van der Waals surface area contributed by atoms with Crippen LogP contribution in [-0.4, -0.2) is 33.4 Å². The molecule has 20 heavy (non-hydrogen) atoms. The van der Waals surface area contributed by atoms with Gasteiger partial charge < -0.3 is 10.2 Å². The summed E-state index contributed by atoms with van der Waals surface area (Å²) in [6.45, 7) is 6.22. The van der Waals surface area contributed by atoms with E-state index in [4.69, 9.17) is 29.3 Å². The fraction of sp³-hybridized carbons (Fsp3) is 1.00. The standard InChI is InChI=1S/C12H22O8/c1-9(13)5-7-11(3,17-15-9)19-20-12(4)8-6-10(2,14)16-18-12/h13-14H,5-8H2,1-4H3.